The maximum atomic E-state index is 13.1. The van der Waals surface area contributed by atoms with Crippen molar-refractivity contribution in [2.75, 3.05) is 39.6 Å². The van der Waals surface area contributed by atoms with Gasteiger partial charge in [0, 0.05) is 25.7 Å². The van der Waals surface area contributed by atoms with E-state index in [0.29, 0.717) is 31.6 Å². The Balaban J connectivity index is 5.24. The molecule has 0 saturated heterocycles. The van der Waals surface area contributed by atoms with Gasteiger partial charge >= 0.3 is 39.5 Å². The third-order valence-corrected chi connectivity index (χ3v) is 20.4. The van der Waals surface area contributed by atoms with Crippen molar-refractivity contribution in [3.05, 3.63) is 0 Å². The molecule has 3 N–H and O–H groups in total. The lowest BCUT2D eigenvalue weighted by atomic mass is 10.0. The molecule has 0 aliphatic rings. The summed E-state index contributed by atoms with van der Waals surface area (Å²) in [7, 11) is -9.92. The van der Waals surface area contributed by atoms with Crippen LogP contribution in [-0.2, 0) is 65.4 Å². The molecule has 98 heavy (non-hydrogen) atoms. The fourth-order valence-electron chi connectivity index (χ4n) is 12.2. The summed E-state index contributed by atoms with van der Waals surface area (Å²) < 4.78 is 68.7. The van der Waals surface area contributed by atoms with Crippen molar-refractivity contribution < 1.29 is 80.2 Å². The van der Waals surface area contributed by atoms with Crippen molar-refractivity contribution in [2.24, 2.45) is 5.92 Å². The topological polar surface area (TPSA) is 237 Å². The first-order valence-corrected chi connectivity index (χ1v) is 44.1. The summed E-state index contributed by atoms with van der Waals surface area (Å²) in [6.07, 6.45) is 62.4. The van der Waals surface area contributed by atoms with Crippen LogP contribution < -0.4 is 0 Å². The Morgan fingerprint density at radius 1 is 0.276 bits per heavy atom. The van der Waals surface area contributed by atoms with Crippen LogP contribution in [-0.4, -0.2) is 96.7 Å². The molecule has 0 saturated carbocycles. The van der Waals surface area contributed by atoms with E-state index in [4.69, 9.17) is 37.0 Å². The van der Waals surface area contributed by atoms with Crippen LogP contribution in [0.4, 0.5) is 0 Å². The minimum atomic E-state index is -4.96. The van der Waals surface area contributed by atoms with Gasteiger partial charge in [-0.2, -0.15) is 0 Å². The number of phosphoric acid groups is 2. The molecule has 0 heterocycles. The molecule has 0 spiro atoms. The van der Waals surface area contributed by atoms with E-state index in [2.05, 4.69) is 34.6 Å². The third kappa shape index (κ3) is 72.4. The molecule has 0 bridgehead atoms. The number of unbranched alkanes of at least 4 members (excludes halogenated alkanes) is 51. The highest BCUT2D eigenvalue weighted by molar-refractivity contribution is 7.47. The fourth-order valence-corrected chi connectivity index (χ4v) is 13.8. The van der Waals surface area contributed by atoms with Crippen LogP contribution in [0, 0.1) is 5.92 Å². The Hall–Kier alpha value is -1.94. The lowest BCUT2D eigenvalue weighted by molar-refractivity contribution is -0.161. The van der Waals surface area contributed by atoms with Crippen molar-refractivity contribution in [3.63, 3.8) is 0 Å². The molecule has 17 nitrogen and oxygen atoms in total. The van der Waals surface area contributed by atoms with Gasteiger partial charge in [-0.05, 0) is 31.6 Å². The van der Waals surface area contributed by atoms with Gasteiger partial charge in [-0.3, -0.25) is 37.3 Å². The second-order valence-corrected chi connectivity index (χ2v) is 31.8. The van der Waals surface area contributed by atoms with Crippen LogP contribution in [0.2, 0.25) is 0 Å². The molecule has 2 unspecified atom stereocenters. The molecule has 19 heteroatoms. The van der Waals surface area contributed by atoms with Gasteiger partial charge in [0.05, 0.1) is 26.4 Å². The molecule has 0 aliphatic carbocycles. The fraction of sp³-hybridized carbons (Fsp3) is 0.949. The van der Waals surface area contributed by atoms with E-state index in [1.54, 1.807) is 0 Å². The lowest BCUT2D eigenvalue weighted by Crippen LogP contribution is -2.30. The number of carbonyl (C=O) groups is 4. The Morgan fingerprint density at radius 3 is 0.694 bits per heavy atom. The minimum Gasteiger partial charge on any atom is -0.462 e. The first-order chi connectivity index (χ1) is 47.5. The van der Waals surface area contributed by atoms with Gasteiger partial charge in [-0.25, -0.2) is 9.13 Å². The van der Waals surface area contributed by atoms with Gasteiger partial charge in [-0.15, -0.1) is 0 Å². The maximum Gasteiger partial charge on any atom is 0.472 e. The van der Waals surface area contributed by atoms with Crippen molar-refractivity contribution in [1.29, 1.82) is 0 Å². The molecule has 582 valence electrons. The van der Waals surface area contributed by atoms with E-state index in [9.17, 15) is 43.2 Å². The highest BCUT2D eigenvalue weighted by Crippen LogP contribution is 2.45. The van der Waals surface area contributed by atoms with E-state index in [-0.39, 0.29) is 25.7 Å². The molecule has 0 amide bonds. The summed E-state index contributed by atoms with van der Waals surface area (Å²) in [4.78, 5) is 73.0. The van der Waals surface area contributed by atoms with Crippen LogP contribution >= 0.6 is 15.6 Å². The number of ether oxygens (including phenoxy) is 4. The average molecular weight is 1440 g/mol. The lowest BCUT2D eigenvalue weighted by Gasteiger charge is -2.21. The Bertz CT molecular complexity index is 1870. The zero-order valence-electron chi connectivity index (χ0n) is 63.9. The monoisotopic (exact) mass is 1440 g/mol. The molecule has 0 aromatic heterocycles. The van der Waals surface area contributed by atoms with Gasteiger partial charge in [0.2, 0.25) is 0 Å². The van der Waals surface area contributed by atoms with Crippen molar-refractivity contribution >= 4 is 39.5 Å². The summed E-state index contributed by atoms with van der Waals surface area (Å²) in [5.74, 6) is -1.40. The first kappa shape index (κ1) is 96.1. The summed E-state index contributed by atoms with van der Waals surface area (Å²) in [5, 5.41) is 10.6. The van der Waals surface area contributed by atoms with E-state index < -0.39 is 97.5 Å². The molecule has 0 aromatic carbocycles. The van der Waals surface area contributed by atoms with Crippen LogP contribution in [0.15, 0.2) is 0 Å². The Labute approximate surface area is 600 Å². The van der Waals surface area contributed by atoms with Gasteiger partial charge in [-0.1, -0.05) is 369 Å². The van der Waals surface area contributed by atoms with Crippen molar-refractivity contribution in [1.82, 2.24) is 0 Å². The molecule has 0 aliphatic heterocycles. The maximum absolute atomic E-state index is 13.1. The zero-order valence-corrected chi connectivity index (χ0v) is 65.7. The van der Waals surface area contributed by atoms with Crippen LogP contribution in [0.5, 0.6) is 0 Å². The molecular formula is C79H154O17P2. The standard InChI is InChI=1S/C79H154O17P2/c1-6-9-12-15-18-21-24-27-30-33-36-39-42-47-52-57-62-76(81)89-68-74(95-78(83)64-59-54-48-43-40-37-34-31-28-25-22-19-16-13-10-7-2)70-93-97(85,86)91-66-73(80)67-92-98(87,88)94-71-75(69-90-77(82)63-58-53-50-45-46-51-56-61-72(4)5)96-79(84)65-60-55-49-44-41-38-35-32-29-26-23-20-17-14-11-8-3/h72-75,80H,6-71H2,1-5H3,(H,85,86)(H,87,88)/t73-,74-,75-/m1/s1. The largest absolute Gasteiger partial charge is 0.472 e. The zero-order chi connectivity index (χ0) is 71.9. The molecular weight excluding hydrogens is 1280 g/mol. The van der Waals surface area contributed by atoms with Gasteiger partial charge in [0.25, 0.3) is 0 Å². The molecule has 0 fully saturated rings. The number of hydrogen-bond donors (Lipinski definition) is 3. The number of esters is 4. The second kappa shape index (κ2) is 72.0. The summed E-state index contributed by atoms with van der Waals surface area (Å²) in [6.45, 7) is 7.27. The number of carbonyl (C=O) groups excluding carboxylic acids is 4. The normalized spacial score (nSPS) is 13.9. The van der Waals surface area contributed by atoms with E-state index in [0.717, 1.165) is 96.3 Å². The number of aliphatic hydroxyl groups is 1. The molecule has 0 rings (SSSR count). The average Bonchev–Trinajstić information content (AvgIpc) is 1.49. The Morgan fingerprint density at radius 2 is 0.469 bits per heavy atom. The first-order valence-electron chi connectivity index (χ1n) is 41.1. The second-order valence-electron chi connectivity index (χ2n) is 28.9. The molecule has 0 radical (unpaired) electrons. The van der Waals surface area contributed by atoms with E-state index in [1.807, 2.05) is 0 Å². The number of hydrogen-bond acceptors (Lipinski definition) is 15. The predicted octanol–water partition coefficient (Wildman–Crippen LogP) is 23.6. The van der Waals surface area contributed by atoms with Crippen molar-refractivity contribution in [2.45, 2.75) is 438 Å². The highest BCUT2D eigenvalue weighted by atomic mass is 31.2. The predicted molar refractivity (Wildman–Crippen MR) is 400 cm³/mol. The molecule has 0 aromatic rings. The van der Waals surface area contributed by atoms with E-state index in [1.165, 1.54) is 238 Å². The third-order valence-electron chi connectivity index (χ3n) is 18.5. The number of aliphatic hydroxyl groups excluding tert-OH is 1. The van der Waals surface area contributed by atoms with Gasteiger partial charge in [0.15, 0.2) is 12.2 Å². The number of rotatable bonds is 79. The number of phosphoric ester groups is 2. The SMILES string of the molecule is CCCCCCCCCCCCCCCCCCC(=O)OC[C@H](COP(=O)(O)OC[C@@H](O)COP(=O)(O)OC[C@@H](COC(=O)CCCCCCCCCC(C)C)OC(=O)CCCCCCCCCCCCCCCCCC)OC(=O)CCCCCCCCCCCCCCCCCC. The van der Waals surface area contributed by atoms with Gasteiger partial charge < -0.3 is 33.8 Å². The van der Waals surface area contributed by atoms with E-state index >= 15 is 0 Å². The smallest absolute Gasteiger partial charge is 0.462 e. The van der Waals surface area contributed by atoms with Crippen LogP contribution in [0.25, 0.3) is 0 Å². The summed E-state index contributed by atoms with van der Waals surface area (Å²) in [5.41, 5.74) is 0. The Kier molecular flexibility index (Phi) is 70.6. The van der Waals surface area contributed by atoms with Gasteiger partial charge in [0.1, 0.15) is 19.3 Å². The minimum absolute atomic E-state index is 0.108. The van der Waals surface area contributed by atoms with Crippen LogP contribution in [0.3, 0.4) is 0 Å². The summed E-state index contributed by atoms with van der Waals surface area (Å²) >= 11 is 0. The quantitative estimate of drug-likeness (QED) is 0.0222. The van der Waals surface area contributed by atoms with Crippen LogP contribution in [0.1, 0.15) is 420 Å². The van der Waals surface area contributed by atoms with Crippen molar-refractivity contribution in [3.8, 4) is 0 Å². The highest BCUT2D eigenvalue weighted by Gasteiger charge is 2.30. The summed E-state index contributed by atoms with van der Waals surface area (Å²) in [6, 6.07) is 0. The molecule has 5 atom stereocenters.